The Morgan fingerprint density at radius 3 is 1.72 bits per heavy atom. The van der Waals surface area contributed by atoms with Crippen molar-refractivity contribution in [3.8, 4) is 67.3 Å². The monoisotopic (exact) mass is 676 g/mol. The van der Waals surface area contributed by atoms with Crippen LogP contribution >= 0.6 is 0 Å². The molecule has 0 saturated heterocycles. The van der Waals surface area contributed by atoms with E-state index in [2.05, 4.69) is 178 Å². The van der Waals surface area contributed by atoms with Gasteiger partial charge in [0.2, 0.25) is 0 Å². The van der Waals surface area contributed by atoms with Crippen LogP contribution in [0.15, 0.2) is 182 Å². The van der Waals surface area contributed by atoms with Crippen molar-refractivity contribution in [1.82, 2.24) is 9.97 Å². The standard InChI is InChI=1S/C51H36N2/c1-51(2)46-20-12-11-19-43(46)44-30-38(25-26-47(44)51)36-21-22-37-28-40(24-23-35(37)27-36)48-32-49(53-50(52-48)34-15-7-4-8-16-34)45-31-41(33-13-5-3-6-14-33)29-39-17-9-10-18-42(39)45/h3-32H,1-2H3. The number of fused-ring (bicyclic) bond motifs is 5. The van der Waals surface area contributed by atoms with Crippen LogP contribution in [0, 0.1) is 0 Å². The largest absolute Gasteiger partial charge is 0.228 e. The first-order chi connectivity index (χ1) is 26.0. The molecule has 0 aliphatic heterocycles. The summed E-state index contributed by atoms with van der Waals surface area (Å²) in [6.07, 6.45) is 0. The van der Waals surface area contributed by atoms with E-state index in [1.807, 2.05) is 18.2 Å². The molecule has 9 aromatic rings. The molecule has 0 unspecified atom stereocenters. The maximum Gasteiger partial charge on any atom is 0.160 e. The zero-order valence-corrected chi connectivity index (χ0v) is 29.7. The molecule has 0 fully saturated rings. The number of hydrogen-bond donors (Lipinski definition) is 0. The Kier molecular flexibility index (Phi) is 7.19. The third-order valence-corrected chi connectivity index (χ3v) is 11.1. The van der Waals surface area contributed by atoms with Crippen molar-refractivity contribution >= 4 is 21.5 Å². The fraction of sp³-hybridized carbons (Fsp3) is 0.0588. The molecule has 2 nitrogen and oxygen atoms in total. The minimum absolute atomic E-state index is 0.00324. The number of hydrogen-bond acceptors (Lipinski definition) is 2. The minimum atomic E-state index is 0.00324. The molecule has 0 radical (unpaired) electrons. The first-order valence-electron chi connectivity index (χ1n) is 18.3. The lowest BCUT2D eigenvalue weighted by atomic mass is 9.82. The SMILES string of the molecule is CC1(C)c2ccccc2-c2cc(-c3ccc4cc(-c5cc(-c6cc(-c7ccccc7)cc7ccccc67)nc(-c6ccccc6)n5)ccc4c3)ccc21. The lowest BCUT2D eigenvalue weighted by Crippen LogP contribution is -2.14. The molecular weight excluding hydrogens is 641 g/mol. The summed E-state index contributed by atoms with van der Waals surface area (Å²) in [5.41, 5.74) is 15.2. The van der Waals surface area contributed by atoms with Gasteiger partial charge in [-0.1, -0.05) is 159 Å². The zero-order valence-electron chi connectivity index (χ0n) is 29.7. The average Bonchev–Trinajstić information content (AvgIpc) is 3.45. The van der Waals surface area contributed by atoms with Crippen LogP contribution in [0.25, 0.3) is 88.8 Å². The Balaban J connectivity index is 1.08. The summed E-state index contributed by atoms with van der Waals surface area (Å²) in [4.78, 5) is 10.4. The van der Waals surface area contributed by atoms with E-state index in [0.717, 1.165) is 28.1 Å². The molecule has 8 aromatic carbocycles. The van der Waals surface area contributed by atoms with E-state index in [1.54, 1.807) is 0 Å². The first-order valence-corrected chi connectivity index (χ1v) is 18.3. The molecule has 10 rings (SSSR count). The summed E-state index contributed by atoms with van der Waals surface area (Å²) in [5, 5.41) is 4.73. The van der Waals surface area contributed by atoms with Gasteiger partial charge in [0.05, 0.1) is 11.4 Å². The van der Waals surface area contributed by atoms with Gasteiger partial charge in [0.1, 0.15) is 0 Å². The molecule has 1 aliphatic rings. The van der Waals surface area contributed by atoms with Gasteiger partial charge in [-0.25, -0.2) is 9.97 Å². The van der Waals surface area contributed by atoms with Crippen molar-refractivity contribution in [2.75, 3.05) is 0 Å². The van der Waals surface area contributed by atoms with Crippen LogP contribution in [0.1, 0.15) is 25.0 Å². The Morgan fingerprint density at radius 2 is 0.906 bits per heavy atom. The van der Waals surface area contributed by atoms with Gasteiger partial charge < -0.3 is 0 Å². The van der Waals surface area contributed by atoms with Crippen LogP contribution in [-0.2, 0) is 5.41 Å². The summed E-state index contributed by atoms with van der Waals surface area (Å²) in [7, 11) is 0. The van der Waals surface area contributed by atoms with Gasteiger partial charge in [-0.2, -0.15) is 0 Å². The van der Waals surface area contributed by atoms with Gasteiger partial charge in [-0.15, -0.1) is 0 Å². The smallest absolute Gasteiger partial charge is 0.160 e. The van der Waals surface area contributed by atoms with Crippen molar-refractivity contribution < 1.29 is 0 Å². The maximum absolute atomic E-state index is 5.23. The first kappa shape index (κ1) is 31.1. The predicted molar refractivity (Wildman–Crippen MR) is 222 cm³/mol. The highest BCUT2D eigenvalue weighted by molar-refractivity contribution is 6.00. The van der Waals surface area contributed by atoms with Crippen molar-refractivity contribution in [2.24, 2.45) is 0 Å². The van der Waals surface area contributed by atoms with Crippen molar-refractivity contribution in [2.45, 2.75) is 19.3 Å². The molecule has 0 N–H and O–H groups in total. The molecule has 0 bridgehead atoms. The molecular formula is C51H36N2. The van der Waals surface area contributed by atoms with E-state index >= 15 is 0 Å². The second kappa shape index (κ2) is 12.3. The molecule has 0 atom stereocenters. The van der Waals surface area contributed by atoms with Crippen LogP contribution in [0.5, 0.6) is 0 Å². The highest BCUT2D eigenvalue weighted by atomic mass is 14.9. The fourth-order valence-corrected chi connectivity index (χ4v) is 8.25. The van der Waals surface area contributed by atoms with Crippen molar-refractivity contribution in [3.05, 3.63) is 193 Å². The van der Waals surface area contributed by atoms with Gasteiger partial charge in [0.15, 0.2) is 5.82 Å². The van der Waals surface area contributed by atoms with Crippen LogP contribution in [0.2, 0.25) is 0 Å². The average molecular weight is 677 g/mol. The molecule has 0 saturated carbocycles. The van der Waals surface area contributed by atoms with Crippen molar-refractivity contribution in [1.29, 1.82) is 0 Å². The van der Waals surface area contributed by atoms with Gasteiger partial charge in [-0.05, 0) is 102 Å². The third-order valence-electron chi connectivity index (χ3n) is 11.1. The molecule has 1 aromatic heterocycles. The molecule has 0 spiro atoms. The van der Waals surface area contributed by atoms with E-state index in [9.17, 15) is 0 Å². The quantitative estimate of drug-likeness (QED) is 0.181. The Labute approximate surface area is 310 Å². The lowest BCUT2D eigenvalue weighted by molar-refractivity contribution is 0.660. The zero-order chi connectivity index (χ0) is 35.5. The molecule has 53 heavy (non-hydrogen) atoms. The van der Waals surface area contributed by atoms with Gasteiger partial charge >= 0.3 is 0 Å². The predicted octanol–water partition coefficient (Wildman–Crippen LogP) is 13.4. The van der Waals surface area contributed by atoms with E-state index in [4.69, 9.17) is 9.97 Å². The molecule has 1 heterocycles. The highest BCUT2D eigenvalue weighted by Crippen LogP contribution is 2.49. The van der Waals surface area contributed by atoms with Crippen LogP contribution in [-0.4, -0.2) is 9.97 Å². The van der Waals surface area contributed by atoms with Gasteiger partial charge in [0, 0.05) is 22.1 Å². The van der Waals surface area contributed by atoms with Gasteiger partial charge in [0.25, 0.3) is 0 Å². The second-order valence-electron chi connectivity index (χ2n) is 14.6. The molecule has 0 amide bonds. The summed E-state index contributed by atoms with van der Waals surface area (Å²) in [6, 6.07) is 65.5. The number of rotatable bonds is 5. The van der Waals surface area contributed by atoms with Crippen LogP contribution < -0.4 is 0 Å². The topological polar surface area (TPSA) is 25.8 Å². The lowest BCUT2D eigenvalue weighted by Gasteiger charge is -2.21. The Hall–Kier alpha value is -6.64. The van der Waals surface area contributed by atoms with E-state index < -0.39 is 0 Å². The summed E-state index contributed by atoms with van der Waals surface area (Å²) in [5.74, 6) is 0.712. The normalized spacial score (nSPS) is 12.9. The van der Waals surface area contributed by atoms with E-state index in [1.165, 1.54) is 66.1 Å². The molecule has 2 heteroatoms. The van der Waals surface area contributed by atoms with Crippen LogP contribution in [0.4, 0.5) is 0 Å². The Morgan fingerprint density at radius 1 is 0.340 bits per heavy atom. The number of benzene rings is 8. The van der Waals surface area contributed by atoms with E-state index in [0.29, 0.717) is 5.82 Å². The number of aromatic nitrogens is 2. The fourth-order valence-electron chi connectivity index (χ4n) is 8.25. The summed E-state index contributed by atoms with van der Waals surface area (Å²) in [6.45, 7) is 4.66. The molecule has 250 valence electrons. The third kappa shape index (κ3) is 5.34. The Bertz CT molecular complexity index is 2850. The highest BCUT2D eigenvalue weighted by Gasteiger charge is 2.35. The maximum atomic E-state index is 5.23. The summed E-state index contributed by atoms with van der Waals surface area (Å²) < 4.78 is 0. The minimum Gasteiger partial charge on any atom is -0.228 e. The van der Waals surface area contributed by atoms with E-state index in [-0.39, 0.29) is 5.41 Å². The molecule has 1 aliphatic carbocycles. The van der Waals surface area contributed by atoms with Crippen molar-refractivity contribution in [3.63, 3.8) is 0 Å². The number of nitrogens with zero attached hydrogens (tertiary/aromatic N) is 2. The van der Waals surface area contributed by atoms with Gasteiger partial charge in [-0.3, -0.25) is 0 Å². The summed E-state index contributed by atoms with van der Waals surface area (Å²) >= 11 is 0. The van der Waals surface area contributed by atoms with Crippen LogP contribution in [0.3, 0.4) is 0 Å². The second-order valence-corrected chi connectivity index (χ2v) is 14.6.